The molecule has 180 valence electrons. The van der Waals surface area contributed by atoms with Gasteiger partial charge in [0.25, 0.3) is 11.7 Å². The van der Waals surface area contributed by atoms with Crippen LogP contribution in [0.3, 0.4) is 0 Å². The molecule has 3 aromatic carbocycles. The number of aliphatic hydroxyl groups is 1. The van der Waals surface area contributed by atoms with Crippen LogP contribution in [0.1, 0.15) is 28.3 Å². The van der Waals surface area contributed by atoms with Crippen LogP contribution >= 0.6 is 23.2 Å². The molecule has 0 aliphatic carbocycles. The number of Topliss-reactive ketones (excluding diaryl/α,β-unsaturated/α-hetero) is 1. The number of halogens is 2. The van der Waals surface area contributed by atoms with Gasteiger partial charge >= 0.3 is 0 Å². The molecule has 6 nitrogen and oxygen atoms in total. The Balaban J connectivity index is 1.84. The third kappa shape index (κ3) is 4.85. The van der Waals surface area contributed by atoms with E-state index in [1.807, 2.05) is 12.1 Å². The molecule has 1 unspecified atom stereocenters. The number of hydrogen-bond donors (Lipinski definition) is 2. The zero-order chi connectivity index (χ0) is 25.3. The number of phenols is 1. The van der Waals surface area contributed by atoms with E-state index < -0.39 is 17.7 Å². The van der Waals surface area contributed by atoms with Crippen LogP contribution in [-0.2, 0) is 16.0 Å². The topological polar surface area (TPSA) is 87.1 Å². The third-order valence-corrected chi connectivity index (χ3v) is 6.48. The van der Waals surface area contributed by atoms with E-state index in [4.69, 9.17) is 27.9 Å². The number of likely N-dealkylation sites (tertiary alicyclic amines) is 1. The highest BCUT2D eigenvalue weighted by atomic mass is 35.5. The van der Waals surface area contributed by atoms with Crippen LogP contribution in [-0.4, -0.2) is 40.5 Å². The smallest absolute Gasteiger partial charge is 0.295 e. The summed E-state index contributed by atoms with van der Waals surface area (Å²) >= 11 is 12.3. The lowest BCUT2D eigenvalue weighted by Crippen LogP contribution is -2.31. The Morgan fingerprint density at radius 1 is 1.03 bits per heavy atom. The van der Waals surface area contributed by atoms with Crippen molar-refractivity contribution in [2.24, 2.45) is 0 Å². The number of benzene rings is 3. The lowest BCUT2D eigenvalue weighted by molar-refractivity contribution is -0.139. The maximum Gasteiger partial charge on any atom is 0.295 e. The Bertz CT molecular complexity index is 1320. The maximum atomic E-state index is 13.3. The molecule has 3 aromatic rings. The molecule has 2 N–H and O–H groups in total. The molecule has 4 rings (SSSR count). The minimum atomic E-state index is -0.869. The minimum absolute atomic E-state index is 0.0407. The largest absolute Gasteiger partial charge is 0.508 e. The second kappa shape index (κ2) is 10.0. The number of aliphatic hydroxyl groups excluding tert-OH is 1. The highest BCUT2D eigenvalue weighted by Gasteiger charge is 2.46. The molecule has 1 aliphatic rings. The van der Waals surface area contributed by atoms with Crippen LogP contribution in [0.15, 0.2) is 66.2 Å². The van der Waals surface area contributed by atoms with Gasteiger partial charge in [-0.05, 0) is 66.4 Å². The van der Waals surface area contributed by atoms with E-state index in [1.54, 1.807) is 43.3 Å². The molecule has 0 spiro atoms. The predicted molar refractivity (Wildman–Crippen MR) is 135 cm³/mol. The van der Waals surface area contributed by atoms with Gasteiger partial charge in [0.15, 0.2) is 0 Å². The number of amides is 1. The Morgan fingerprint density at radius 3 is 2.31 bits per heavy atom. The summed E-state index contributed by atoms with van der Waals surface area (Å²) in [5.41, 5.74) is 2.40. The van der Waals surface area contributed by atoms with Crippen LogP contribution in [0.5, 0.6) is 11.5 Å². The van der Waals surface area contributed by atoms with E-state index in [-0.39, 0.29) is 40.0 Å². The average Bonchev–Trinajstić information content (AvgIpc) is 3.08. The second-order valence-corrected chi connectivity index (χ2v) is 9.13. The van der Waals surface area contributed by atoms with E-state index in [2.05, 4.69) is 0 Å². The lowest BCUT2D eigenvalue weighted by Gasteiger charge is -2.25. The van der Waals surface area contributed by atoms with Gasteiger partial charge in [-0.2, -0.15) is 0 Å². The zero-order valence-corrected chi connectivity index (χ0v) is 20.6. The molecule has 0 aromatic heterocycles. The van der Waals surface area contributed by atoms with Crippen molar-refractivity contribution in [3.8, 4) is 11.5 Å². The van der Waals surface area contributed by atoms with Crippen LogP contribution < -0.4 is 4.74 Å². The number of nitrogens with zero attached hydrogens (tertiary/aromatic N) is 1. The van der Waals surface area contributed by atoms with Gasteiger partial charge < -0.3 is 19.8 Å². The van der Waals surface area contributed by atoms with Crippen molar-refractivity contribution in [1.29, 1.82) is 0 Å². The Hall–Kier alpha value is -3.48. The van der Waals surface area contributed by atoms with Gasteiger partial charge in [0.05, 0.1) is 29.3 Å². The Morgan fingerprint density at radius 2 is 1.69 bits per heavy atom. The molecule has 35 heavy (non-hydrogen) atoms. The first kappa shape index (κ1) is 24.6. The highest BCUT2D eigenvalue weighted by Crippen LogP contribution is 2.43. The number of rotatable bonds is 6. The van der Waals surface area contributed by atoms with Crippen LogP contribution in [0.4, 0.5) is 0 Å². The fourth-order valence-electron chi connectivity index (χ4n) is 4.27. The second-order valence-electron chi connectivity index (χ2n) is 8.29. The molecule has 0 bridgehead atoms. The van der Waals surface area contributed by atoms with E-state index in [0.29, 0.717) is 17.0 Å². The third-order valence-electron chi connectivity index (χ3n) is 5.95. The lowest BCUT2D eigenvalue weighted by atomic mass is 9.94. The first-order valence-electron chi connectivity index (χ1n) is 10.9. The molecular weight excluding hydrogens is 489 g/mol. The summed E-state index contributed by atoms with van der Waals surface area (Å²) in [5, 5.41) is 22.0. The minimum Gasteiger partial charge on any atom is -0.508 e. The van der Waals surface area contributed by atoms with Crippen LogP contribution in [0.2, 0.25) is 10.0 Å². The van der Waals surface area contributed by atoms with Crippen molar-refractivity contribution in [2.45, 2.75) is 19.4 Å². The van der Waals surface area contributed by atoms with Gasteiger partial charge in [0, 0.05) is 11.6 Å². The molecule has 1 aliphatic heterocycles. The van der Waals surface area contributed by atoms with Gasteiger partial charge in [0.1, 0.15) is 17.3 Å². The molecule has 1 heterocycles. The summed E-state index contributed by atoms with van der Waals surface area (Å²) in [6.45, 7) is 2.02. The predicted octanol–water partition coefficient (Wildman–Crippen LogP) is 5.68. The van der Waals surface area contributed by atoms with Gasteiger partial charge in [0.2, 0.25) is 0 Å². The normalized spacial score (nSPS) is 17.1. The first-order chi connectivity index (χ1) is 16.7. The molecule has 1 atom stereocenters. The molecular formula is C27H23Cl2NO5. The van der Waals surface area contributed by atoms with E-state index in [9.17, 15) is 19.8 Å². The number of phenolic OH excluding ortho intramolecular Hbond substituents is 1. The standard InChI is InChI=1S/C27H23Cl2NO5/c1-15-13-20(26(35-2)21(29)14-15)24(32)22-23(17-5-9-19(31)10-6-17)30(27(34)25(22)33)12-11-16-3-7-18(28)8-4-16/h3-10,13-14,23,31-32H,11-12H2,1-2H3/b24-22+. The van der Waals surface area contributed by atoms with Crippen molar-refractivity contribution in [1.82, 2.24) is 4.90 Å². The summed E-state index contributed by atoms with van der Waals surface area (Å²) in [7, 11) is 1.41. The Kier molecular flexibility index (Phi) is 7.05. The highest BCUT2D eigenvalue weighted by molar-refractivity contribution is 6.46. The quantitative estimate of drug-likeness (QED) is 0.252. The summed E-state index contributed by atoms with van der Waals surface area (Å²) < 4.78 is 5.39. The van der Waals surface area contributed by atoms with Crippen molar-refractivity contribution < 1.29 is 24.5 Å². The molecule has 8 heteroatoms. The van der Waals surface area contributed by atoms with E-state index in [0.717, 1.165) is 11.1 Å². The Labute approximate surface area is 213 Å². The first-order valence-corrected chi connectivity index (χ1v) is 11.6. The average molecular weight is 512 g/mol. The molecule has 0 radical (unpaired) electrons. The number of carbonyl (C=O) groups is 2. The number of ether oxygens (including phenoxy) is 1. The van der Waals surface area contributed by atoms with Crippen LogP contribution in [0.25, 0.3) is 5.76 Å². The molecule has 1 fully saturated rings. The van der Waals surface area contributed by atoms with Crippen molar-refractivity contribution in [3.63, 3.8) is 0 Å². The fourth-order valence-corrected chi connectivity index (χ4v) is 4.75. The van der Waals surface area contributed by atoms with Gasteiger partial charge in [-0.3, -0.25) is 9.59 Å². The summed E-state index contributed by atoms with van der Waals surface area (Å²) in [6, 6.07) is 15.9. The number of aryl methyl sites for hydroxylation is 1. The number of carbonyl (C=O) groups excluding carboxylic acids is 2. The van der Waals surface area contributed by atoms with Crippen LogP contribution in [0, 0.1) is 6.92 Å². The zero-order valence-electron chi connectivity index (χ0n) is 19.1. The number of aromatic hydroxyl groups is 1. The van der Waals surface area contributed by atoms with Crippen molar-refractivity contribution in [2.75, 3.05) is 13.7 Å². The van der Waals surface area contributed by atoms with E-state index >= 15 is 0 Å². The summed E-state index contributed by atoms with van der Waals surface area (Å²) in [4.78, 5) is 27.9. The molecule has 1 saturated heterocycles. The maximum absolute atomic E-state index is 13.3. The number of ketones is 1. The summed E-state index contributed by atoms with van der Waals surface area (Å²) in [5.74, 6) is -1.67. The molecule has 0 saturated carbocycles. The van der Waals surface area contributed by atoms with Gasteiger partial charge in [-0.25, -0.2) is 0 Å². The summed E-state index contributed by atoms with van der Waals surface area (Å²) in [6.07, 6.45) is 0.471. The van der Waals surface area contributed by atoms with E-state index in [1.165, 1.54) is 24.1 Å². The van der Waals surface area contributed by atoms with Gasteiger partial charge in [-0.1, -0.05) is 47.5 Å². The SMILES string of the molecule is COc1c(Cl)cc(C)cc1/C(O)=C1\C(=O)C(=O)N(CCc2ccc(Cl)cc2)C1c1ccc(O)cc1. The monoisotopic (exact) mass is 511 g/mol. The number of methoxy groups -OCH3 is 1. The number of hydrogen-bond acceptors (Lipinski definition) is 5. The fraction of sp³-hybridized carbons (Fsp3) is 0.185. The van der Waals surface area contributed by atoms with Crippen molar-refractivity contribution >= 4 is 40.7 Å². The van der Waals surface area contributed by atoms with Crippen molar-refractivity contribution in [3.05, 3.63) is 98.5 Å². The van der Waals surface area contributed by atoms with Gasteiger partial charge in [-0.15, -0.1) is 0 Å². The molecule has 1 amide bonds.